The molecule has 8 nitrogen and oxygen atoms in total. The molecule has 1 aromatic heterocycles. The van der Waals surface area contributed by atoms with Crippen molar-refractivity contribution >= 4 is 23.5 Å². The molecule has 2 heterocycles. The van der Waals surface area contributed by atoms with Crippen LogP contribution in [0.4, 0.5) is 23.4 Å². The Morgan fingerprint density at radius 2 is 1.75 bits per heavy atom. The molecule has 1 aliphatic carbocycles. The van der Waals surface area contributed by atoms with Crippen LogP contribution in [0.15, 0.2) is 90.5 Å². The van der Waals surface area contributed by atoms with Crippen LogP contribution in [0.2, 0.25) is 0 Å². The molecule has 2 aliphatic rings. The molecule has 2 atom stereocenters. The predicted molar refractivity (Wildman–Crippen MR) is 171 cm³/mol. The SMILES string of the molecule is CCN1C(=O)[C@@H](NC(=O)c2cccc(C(F)(F)F)c2)[C@@H](c2ccc(F)cc2)c2c(CN(C)C(=O)C3=CCCC3)nn(-c3ccccc3)c21. The number of allylic oxidation sites excluding steroid dienone is 1. The van der Waals surface area contributed by atoms with Gasteiger partial charge in [-0.05, 0) is 74.2 Å². The van der Waals surface area contributed by atoms with Crippen molar-refractivity contribution in [2.24, 2.45) is 0 Å². The highest BCUT2D eigenvalue weighted by atomic mass is 19.4. The van der Waals surface area contributed by atoms with Crippen LogP contribution in [-0.2, 0) is 22.3 Å². The maximum atomic E-state index is 14.4. The number of aromatic nitrogens is 2. The molecule has 4 aromatic rings. The van der Waals surface area contributed by atoms with Gasteiger partial charge in [0, 0.05) is 36.2 Å². The summed E-state index contributed by atoms with van der Waals surface area (Å²) >= 11 is 0. The lowest BCUT2D eigenvalue weighted by atomic mass is 9.80. The van der Waals surface area contributed by atoms with Crippen molar-refractivity contribution in [3.05, 3.63) is 124 Å². The van der Waals surface area contributed by atoms with Crippen LogP contribution >= 0.6 is 0 Å². The van der Waals surface area contributed by atoms with Crippen molar-refractivity contribution in [3.63, 3.8) is 0 Å². The van der Waals surface area contributed by atoms with Crippen LogP contribution in [0.3, 0.4) is 0 Å². The normalized spacial score (nSPS) is 17.6. The number of nitrogens with zero attached hydrogens (tertiary/aromatic N) is 4. The quantitative estimate of drug-likeness (QED) is 0.222. The van der Waals surface area contributed by atoms with Crippen molar-refractivity contribution in [1.29, 1.82) is 0 Å². The molecule has 0 bridgehead atoms. The second kappa shape index (κ2) is 13.1. The van der Waals surface area contributed by atoms with Crippen molar-refractivity contribution < 1.29 is 31.9 Å². The first-order chi connectivity index (χ1) is 23.0. The Hall–Kier alpha value is -5.26. The van der Waals surface area contributed by atoms with Gasteiger partial charge >= 0.3 is 6.18 Å². The summed E-state index contributed by atoms with van der Waals surface area (Å²) in [6.07, 6.45) is -0.379. The predicted octanol–water partition coefficient (Wildman–Crippen LogP) is 6.40. The fourth-order valence-corrected chi connectivity index (χ4v) is 6.44. The summed E-state index contributed by atoms with van der Waals surface area (Å²) in [6.45, 7) is 1.98. The molecule has 3 aromatic carbocycles. The van der Waals surface area contributed by atoms with Gasteiger partial charge in [0.05, 0.1) is 23.5 Å². The number of nitrogens with one attached hydrogen (secondary N) is 1. The second-order valence-electron chi connectivity index (χ2n) is 11.9. The molecule has 0 saturated carbocycles. The van der Waals surface area contributed by atoms with Crippen molar-refractivity contribution in [2.75, 3.05) is 18.5 Å². The van der Waals surface area contributed by atoms with Crippen molar-refractivity contribution in [2.45, 2.75) is 50.9 Å². The van der Waals surface area contributed by atoms with E-state index in [-0.39, 0.29) is 24.6 Å². The summed E-state index contributed by atoms with van der Waals surface area (Å²) in [5, 5.41) is 7.66. The van der Waals surface area contributed by atoms with E-state index < -0.39 is 41.3 Å². The maximum Gasteiger partial charge on any atom is 0.416 e. The molecule has 6 rings (SSSR count). The monoisotopic (exact) mass is 659 g/mol. The van der Waals surface area contributed by atoms with Gasteiger partial charge in [0.15, 0.2) is 0 Å². The number of benzene rings is 3. The van der Waals surface area contributed by atoms with Gasteiger partial charge in [0.25, 0.3) is 11.8 Å². The van der Waals surface area contributed by atoms with Gasteiger partial charge in [-0.25, -0.2) is 9.07 Å². The second-order valence-corrected chi connectivity index (χ2v) is 11.9. The standard InChI is InChI=1S/C36H33F4N5O3/c1-3-44-33-30(28(42-45(33)27-14-5-4-6-15-27)21-43(2)34(47)23-10-7-8-11-23)29(22-16-18-26(37)19-17-22)31(35(44)48)41-32(46)24-12-9-13-25(20-24)36(38,39)40/h4-6,9-10,12-20,29,31H,3,7-8,11,21H2,1-2H3,(H,41,46)/t29-,31-/m0/s1. The Labute approximate surface area is 274 Å². The van der Waals surface area contributed by atoms with Gasteiger partial charge in [-0.3, -0.25) is 19.3 Å². The summed E-state index contributed by atoms with van der Waals surface area (Å²) in [7, 11) is 1.67. The average Bonchev–Trinajstić information content (AvgIpc) is 3.75. The zero-order valence-electron chi connectivity index (χ0n) is 26.3. The third-order valence-electron chi connectivity index (χ3n) is 8.74. The number of alkyl halides is 3. The first kappa shape index (κ1) is 32.7. The van der Waals surface area contributed by atoms with Crippen LogP contribution in [0.5, 0.6) is 0 Å². The number of hydrogen-bond donors (Lipinski definition) is 1. The summed E-state index contributed by atoms with van der Waals surface area (Å²) in [5.74, 6) is -2.60. The molecule has 3 amide bonds. The van der Waals surface area contributed by atoms with Gasteiger partial charge < -0.3 is 10.2 Å². The molecule has 48 heavy (non-hydrogen) atoms. The highest BCUT2D eigenvalue weighted by molar-refractivity contribution is 6.05. The molecule has 12 heteroatoms. The molecule has 0 saturated heterocycles. The smallest absolute Gasteiger partial charge is 0.339 e. The van der Waals surface area contributed by atoms with E-state index in [0.717, 1.165) is 31.0 Å². The highest BCUT2D eigenvalue weighted by Crippen LogP contribution is 2.44. The van der Waals surface area contributed by atoms with Crippen LogP contribution in [-0.4, -0.2) is 52.0 Å². The lowest BCUT2D eigenvalue weighted by Crippen LogP contribution is -2.55. The number of halogens is 4. The van der Waals surface area contributed by atoms with E-state index in [1.165, 1.54) is 35.2 Å². The Bertz CT molecular complexity index is 1890. The molecule has 1 aliphatic heterocycles. The lowest BCUT2D eigenvalue weighted by molar-refractivity contribution is -0.137. The van der Waals surface area contributed by atoms with Gasteiger partial charge in [0.1, 0.15) is 17.7 Å². The molecule has 248 valence electrons. The Morgan fingerprint density at radius 3 is 2.40 bits per heavy atom. The zero-order chi connectivity index (χ0) is 34.2. The molecule has 0 fully saturated rings. The van der Waals surface area contributed by atoms with Crippen LogP contribution in [0.25, 0.3) is 5.69 Å². The maximum absolute atomic E-state index is 14.4. The number of para-hydroxylation sites is 1. The number of likely N-dealkylation sites (N-methyl/N-ethyl adjacent to an activating group) is 2. The fourth-order valence-electron chi connectivity index (χ4n) is 6.44. The topological polar surface area (TPSA) is 87.5 Å². The fraction of sp³-hybridized carbons (Fsp3) is 0.278. The van der Waals surface area contributed by atoms with Crippen LogP contribution < -0.4 is 10.2 Å². The van der Waals surface area contributed by atoms with Crippen LogP contribution in [0, 0.1) is 5.82 Å². The molecule has 0 unspecified atom stereocenters. The molecule has 1 N–H and O–H groups in total. The number of anilines is 1. The summed E-state index contributed by atoms with van der Waals surface area (Å²) in [4.78, 5) is 44.4. The summed E-state index contributed by atoms with van der Waals surface area (Å²) in [5.41, 5.74) is 1.51. The first-order valence-electron chi connectivity index (χ1n) is 15.6. The lowest BCUT2D eigenvalue weighted by Gasteiger charge is -2.38. The number of amides is 3. The van der Waals surface area contributed by atoms with Gasteiger partial charge in [-0.15, -0.1) is 0 Å². The van der Waals surface area contributed by atoms with E-state index in [4.69, 9.17) is 5.10 Å². The van der Waals surface area contributed by atoms with Crippen molar-refractivity contribution in [3.8, 4) is 5.69 Å². The van der Waals surface area contributed by atoms with Gasteiger partial charge in [-0.2, -0.15) is 18.3 Å². The number of carbonyl (C=O) groups is 3. The third-order valence-corrected chi connectivity index (χ3v) is 8.74. The number of carbonyl (C=O) groups excluding carboxylic acids is 3. The zero-order valence-corrected chi connectivity index (χ0v) is 26.3. The third kappa shape index (κ3) is 6.22. The minimum Gasteiger partial charge on any atom is -0.339 e. The Morgan fingerprint density at radius 1 is 1.02 bits per heavy atom. The number of rotatable bonds is 8. The summed E-state index contributed by atoms with van der Waals surface area (Å²) < 4.78 is 56.4. The van der Waals surface area contributed by atoms with E-state index in [1.807, 2.05) is 36.4 Å². The molecule has 0 spiro atoms. The van der Waals surface area contributed by atoms with E-state index in [1.54, 1.807) is 23.6 Å². The first-order valence-corrected chi connectivity index (χ1v) is 15.6. The minimum absolute atomic E-state index is 0.0517. The highest BCUT2D eigenvalue weighted by Gasteiger charge is 2.46. The van der Waals surface area contributed by atoms with E-state index in [9.17, 15) is 31.9 Å². The van der Waals surface area contributed by atoms with Crippen molar-refractivity contribution in [1.82, 2.24) is 20.0 Å². The average molecular weight is 660 g/mol. The number of fused-ring (bicyclic) bond motifs is 1. The molecular weight excluding hydrogens is 626 g/mol. The molecule has 0 radical (unpaired) electrons. The summed E-state index contributed by atoms with van der Waals surface area (Å²) in [6, 6.07) is 17.3. The van der Waals surface area contributed by atoms with E-state index in [2.05, 4.69) is 5.32 Å². The van der Waals surface area contributed by atoms with Gasteiger partial charge in [0.2, 0.25) is 5.91 Å². The largest absolute Gasteiger partial charge is 0.416 e. The van der Waals surface area contributed by atoms with E-state index >= 15 is 0 Å². The molecular formula is C36H33F4N5O3. The van der Waals surface area contributed by atoms with Gasteiger partial charge in [-0.1, -0.05) is 42.5 Å². The minimum atomic E-state index is -4.68. The Kier molecular flexibility index (Phi) is 8.91. The number of hydrogen-bond acceptors (Lipinski definition) is 4. The van der Waals surface area contributed by atoms with Crippen LogP contribution in [0.1, 0.15) is 64.8 Å². The Balaban J connectivity index is 1.52. The van der Waals surface area contributed by atoms with E-state index in [0.29, 0.717) is 40.3 Å².